The van der Waals surface area contributed by atoms with Crippen molar-refractivity contribution < 1.29 is 18.8 Å². The average molecular weight is 410 g/mol. The van der Waals surface area contributed by atoms with Crippen LogP contribution in [0.15, 0.2) is 0 Å². The summed E-state index contributed by atoms with van der Waals surface area (Å²) in [6.45, 7) is 16.9. The Balaban J connectivity index is 2.27. The molecule has 2 heterocycles. The predicted octanol–water partition coefficient (Wildman–Crippen LogP) is 3.54. The number of nitrogens with one attached hydrogen (secondary N) is 1. The molecule has 0 radical (unpaired) electrons. The number of rotatable bonds is 9. The largest absolute Gasteiger partial charge is 0.461 e. The van der Waals surface area contributed by atoms with Crippen LogP contribution in [0.1, 0.15) is 75.0 Å². The summed E-state index contributed by atoms with van der Waals surface area (Å²) in [6, 6.07) is 0. The van der Waals surface area contributed by atoms with Gasteiger partial charge < -0.3 is 14.5 Å². The minimum absolute atomic E-state index is 0.190. The van der Waals surface area contributed by atoms with Gasteiger partial charge >= 0.3 is 5.97 Å². The fourth-order valence-electron chi connectivity index (χ4n) is 4.71. The van der Waals surface area contributed by atoms with Crippen molar-refractivity contribution in [2.24, 2.45) is 0 Å². The van der Waals surface area contributed by atoms with E-state index in [0.29, 0.717) is 54.0 Å². The van der Waals surface area contributed by atoms with Crippen molar-refractivity contribution in [3.8, 4) is 0 Å². The van der Waals surface area contributed by atoms with Gasteiger partial charge in [-0.2, -0.15) is 5.10 Å². The molecule has 1 aliphatic rings. The molecule has 0 fully saturated rings. The van der Waals surface area contributed by atoms with Crippen LogP contribution in [-0.2, 0) is 22.1 Å². The molecule has 7 nitrogen and oxygen atoms in total. The Morgan fingerprint density at radius 1 is 1.18 bits per heavy atom. The maximum atomic E-state index is 12.4. The van der Waals surface area contributed by atoms with E-state index in [9.17, 15) is 9.59 Å². The zero-order chi connectivity index (χ0) is 21.1. The molecule has 2 rings (SSSR count). The van der Waals surface area contributed by atoms with Gasteiger partial charge in [-0.15, -0.1) is 0 Å². The Morgan fingerprint density at radius 2 is 1.79 bits per heavy atom. The average Bonchev–Trinajstić information content (AvgIpc) is 2.98. The highest BCUT2D eigenvalue weighted by atomic mass is 28.4. The van der Waals surface area contributed by atoms with E-state index in [4.69, 9.17) is 9.16 Å². The quantitative estimate of drug-likeness (QED) is 0.498. The van der Waals surface area contributed by atoms with Crippen LogP contribution in [-0.4, -0.2) is 49.7 Å². The number of fused-ring (bicyclic) bond motifs is 1. The fraction of sp³-hybridized carbons (Fsp3) is 0.750. The number of esters is 1. The van der Waals surface area contributed by atoms with Gasteiger partial charge in [-0.1, -0.05) is 41.5 Å². The number of nitrogens with zero attached hydrogens (tertiary/aromatic N) is 2. The van der Waals surface area contributed by atoms with E-state index in [0.717, 1.165) is 0 Å². The van der Waals surface area contributed by atoms with Gasteiger partial charge in [0, 0.05) is 12.1 Å². The molecule has 1 aliphatic heterocycles. The van der Waals surface area contributed by atoms with Crippen LogP contribution in [0.4, 0.5) is 0 Å². The van der Waals surface area contributed by atoms with E-state index in [1.807, 2.05) is 0 Å². The lowest BCUT2D eigenvalue weighted by molar-refractivity contribution is 0.0517. The van der Waals surface area contributed by atoms with E-state index in [1.165, 1.54) is 0 Å². The fourth-order valence-corrected chi connectivity index (χ4v) is 10.2. The van der Waals surface area contributed by atoms with Gasteiger partial charge in [0.15, 0.2) is 14.0 Å². The zero-order valence-electron chi connectivity index (χ0n) is 18.3. The number of hydrogen-bond acceptors (Lipinski definition) is 5. The summed E-state index contributed by atoms with van der Waals surface area (Å²) in [5, 5.41) is 7.27. The molecular weight excluding hydrogens is 374 g/mol. The first-order valence-electron chi connectivity index (χ1n) is 10.4. The van der Waals surface area contributed by atoms with Crippen molar-refractivity contribution in [2.45, 2.75) is 78.1 Å². The molecule has 0 aliphatic carbocycles. The lowest BCUT2D eigenvalue weighted by Crippen LogP contribution is -2.48. The molecular formula is C20H35N3O4Si. The number of carbonyl (C=O) groups is 2. The summed E-state index contributed by atoms with van der Waals surface area (Å²) in [5.41, 5.74) is 2.85. The van der Waals surface area contributed by atoms with Crippen molar-refractivity contribution in [3.63, 3.8) is 0 Å². The van der Waals surface area contributed by atoms with E-state index in [1.54, 1.807) is 11.6 Å². The number of amides is 1. The first kappa shape index (κ1) is 22.6. The number of ether oxygens (including phenoxy) is 1. The molecule has 0 atom stereocenters. The van der Waals surface area contributed by atoms with Crippen LogP contribution in [0.25, 0.3) is 0 Å². The molecule has 0 spiro atoms. The molecule has 28 heavy (non-hydrogen) atoms. The highest BCUT2D eigenvalue weighted by molar-refractivity contribution is 6.77. The van der Waals surface area contributed by atoms with Crippen LogP contribution < -0.4 is 5.32 Å². The van der Waals surface area contributed by atoms with Crippen LogP contribution in [0, 0.1) is 0 Å². The molecule has 0 unspecified atom stereocenters. The molecule has 0 bridgehead atoms. The van der Waals surface area contributed by atoms with Gasteiger partial charge in [0.05, 0.1) is 19.8 Å². The highest BCUT2D eigenvalue weighted by Crippen LogP contribution is 2.42. The van der Waals surface area contributed by atoms with Gasteiger partial charge in [0.2, 0.25) is 0 Å². The second-order valence-electron chi connectivity index (χ2n) is 8.29. The maximum Gasteiger partial charge on any atom is 0.359 e. The van der Waals surface area contributed by atoms with Gasteiger partial charge in [-0.25, -0.2) is 4.79 Å². The lowest BCUT2D eigenvalue weighted by atomic mass is 10.1. The Hall–Kier alpha value is -1.67. The third kappa shape index (κ3) is 4.17. The summed E-state index contributed by atoms with van der Waals surface area (Å²) in [5.74, 6) is -0.659. The molecule has 1 N–H and O–H groups in total. The van der Waals surface area contributed by atoms with Gasteiger partial charge in [0.1, 0.15) is 5.69 Å². The van der Waals surface area contributed by atoms with Crippen LogP contribution in [0.2, 0.25) is 16.6 Å². The Kier molecular flexibility index (Phi) is 7.44. The van der Waals surface area contributed by atoms with Crippen LogP contribution >= 0.6 is 0 Å². The van der Waals surface area contributed by atoms with E-state index in [2.05, 4.69) is 52.0 Å². The minimum atomic E-state index is -1.99. The maximum absolute atomic E-state index is 12.4. The predicted molar refractivity (Wildman–Crippen MR) is 111 cm³/mol. The van der Waals surface area contributed by atoms with Crippen molar-refractivity contribution in [2.75, 3.05) is 19.8 Å². The summed E-state index contributed by atoms with van der Waals surface area (Å²) in [7, 11) is -1.99. The number of carbonyl (C=O) groups excluding carboxylic acids is 2. The Morgan fingerprint density at radius 3 is 2.32 bits per heavy atom. The van der Waals surface area contributed by atoms with Gasteiger partial charge in [0.25, 0.3) is 5.91 Å². The first-order valence-corrected chi connectivity index (χ1v) is 12.5. The molecule has 158 valence electrons. The van der Waals surface area contributed by atoms with E-state index >= 15 is 0 Å². The summed E-state index contributed by atoms with van der Waals surface area (Å²) >= 11 is 0. The molecule has 8 heteroatoms. The summed E-state index contributed by atoms with van der Waals surface area (Å²) in [4.78, 5) is 24.7. The van der Waals surface area contributed by atoms with E-state index in [-0.39, 0.29) is 18.2 Å². The monoisotopic (exact) mass is 409 g/mol. The van der Waals surface area contributed by atoms with Crippen molar-refractivity contribution in [1.29, 1.82) is 0 Å². The first-order chi connectivity index (χ1) is 13.2. The molecule has 1 aromatic heterocycles. The van der Waals surface area contributed by atoms with Crippen molar-refractivity contribution in [1.82, 2.24) is 15.1 Å². The molecule has 0 saturated carbocycles. The summed E-state index contributed by atoms with van der Waals surface area (Å²) < 4.78 is 13.3. The third-order valence-electron chi connectivity index (χ3n) is 5.76. The zero-order valence-corrected chi connectivity index (χ0v) is 19.3. The number of aromatic nitrogens is 2. The third-order valence-corrected chi connectivity index (χ3v) is 11.9. The van der Waals surface area contributed by atoms with Gasteiger partial charge in [-0.3, -0.25) is 9.48 Å². The lowest BCUT2D eigenvalue weighted by Gasteiger charge is -2.42. The standard InChI is InChI=1S/C20H35N3O4Si/c1-8-26-20(25)17-16-9-10-21-19(24)18(16)23(22-17)11-12-27-28(13(2)3,14(4)5)15(6)7/h13-15H,8-12H2,1-7H3,(H,21,24). The minimum Gasteiger partial charge on any atom is -0.461 e. The Labute approximate surface area is 169 Å². The van der Waals surface area contributed by atoms with Crippen molar-refractivity contribution in [3.05, 3.63) is 17.0 Å². The second-order valence-corrected chi connectivity index (χ2v) is 13.8. The Bertz CT molecular complexity index is 691. The second kappa shape index (κ2) is 9.22. The van der Waals surface area contributed by atoms with E-state index < -0.39 is 14.3 Å². The molecule has 1 amide bonds. The van der Waals surface area contributed by atoms with Crippen LogP contribution in [0.3, 0.4) is 0 Å². The normalized spacial score (nSPS) is 14.6. The topological polar surface area (TPSA) is 82.4 Å². The molecule has 0 saturated heterocycles. The molecule has 0 aromatic carbocycles. The highest BCUT2D eigenvalue weighted by Gasteiger charge is 2.45. The molecule has 1 aromatic rings. The summed E-state index contributed by atoms with van der Waals surface area (Å²) in [6.07, 6.45) is 0.582. The SMILES string of the molecule is CCOC(=O)c1nn(CCO[Si](C(C)C)(C(C)C)C(C)C)c2c1CCNC2=O. The van der Waals surface area contributed by atoms with Crippen molar-refractivity contribution >= 4 is 20.2 Å². The van der Waals surface area contributed by atoms with Crippen LogP contribution in [0.5, 0.6) is 0 Å². The number of hydrogen-bond donors (Lipinski definition) is 1. The smallest absolute Gasteiger partial charge is 0.359 e. The van der Waals surface area contributed by atoms with Gasteiger partial charge in [-0.05, 0) is 30.0 Å².